The van der Waals surface area contributed by atoms with E-state index in [0.717, 1.165) is 10.6 Å². The molecule has 9 heteroatoms. The van der Waals surface area contributed by atoms with Crippen molar-refractivity contribution in [3.05, 3.63) is 40.8 Å². The van der Waals surface area contributed by atoms with Crippen LogP contribution < -0.4 is 5.32 Å². The third kappa shape index (κ3) is 5.14. The molecule has 30 heavy (non-hydrogen) atoms. The molecule has 2 aromatic rings. The first-order valence-corrected chi connectivity index (χ1v) is 10.6. The molecule has 3 rings (SSSR count). The van der Waals surface area contributed by atoms with E-state index in [2.05, 4.69) is 10.3 Å². The minimum atomic E-state index is -0.834. The van der Waals surface area contributed by atoms with E-state index in [9.17, 15) is 19.1 Å². The van der Waals surface area contributed by atoms with Crippen LogP contribution >= 0.6 is 11.3 Å². The van der Waals surface area contributed by atoms with Gasteiger partial charge >= 0.3 is 6.09 Å². The minimum Gasteiger partial charge on any atom is -0.444 e. The van der Waals surface area contributed by atoms with E-state index in [0.29, 0.717) is 11.1 Å². The van der Waals surface area contributed by atoms with E-state index in [1.54, 1.807) is 38.4 Å². The number of amides is 2. The Hall–Kier alpha value is -2.52. The quantitative estimate of drug-likeness (QED) is 0.769. The summed E-state index contributed by atoms with van der Waals surface area (Å²) in [5.74, 6) is -0.805. The smallest absolute Gasteiger partial charge is 0.411 e. The monoisotopic (exact) mass is 435 g/mol. The molecule has 1 aliphatic rings. The molecular weight excluding hydrogens is 409 g/mol. The average Bonchev–Trinajstić information content (AvgIpc) is 3.24. The summed E-state index contributed by atoms with van der Waals surface area (Å²) in [7, 11) is 0. The lowest BCUT2D eigenvalue weighted by molar-refractivity contribution is -0.125. The summed E-state index contributed by atoms with van der Waals surface area (Å²) in [6, 6.07) is 3.96. The zero-order valence-electron chi connectivity index (χ0n) is 17.4. The molecule has 2 atom stereocenters. The number of rotatable bonds is 4. The fourth-order valence-corrected chi connectivity index (χ4v) is 4.14. The first-order valence-electron chi connectivity index (χ1n) is 9.69. The number of likely N-dealkylation sites (tertiary alicyclic amines) is 1. The number of aliphatic hydroxyl groups excluding tert-OH is 1. The largest absolute Gasteiger partial charge is 0.444 e. The molecule has 7 nitrogen and oxygen atoms in total. The Balaban J connectivity index is 1.65. The Morgan fingerprint density at radius 1 is 1.40 bits per heavy atom. The van der Waals surface area contributed by atoms with Crippen LogP contribution in [0.2, 0.25) is 0 Å². The van der Waals surface area contributed by atoms with Gasteiger partial charge in [-0.05, 0) is 39.3 Å². The lowest BCUT2D eigenvalue weighted by Gasteiger charge is -2.27. The third-order valence-corrected chi connectivity index (χ3v) is 5.66. The SMILES string of the molecule is Cc1ncsc1-c1ccc(CNC(=O)[C@@H]2C[C@@H](O)CN2C(=O)OC(C)(C)C)cc1F. The Kier molecular flexibility index (Phi) is 6.42. The van der Waals surface area contributed by atoms with Crippen LogP contribution in [0.25, 0.3) is 10.4 Å². The second kappa shape index (κ2) is 8.69. The van der Waals surface area contributed by atoms with Crippen LogP contribution in [0.4, 0.5) is 9.18 Å². The highest BCUT2D eigenvalue weighted by Gasteiger charge is 2.40. The number of aryl methyl sites for hydroxylation is 1. The van der Waals surface area contributed by atoms with Crippen molar-refractivity contribution in [2.45, 2.75) is 58.4 Å². The summed E-state index contributed by atoms with van der Waals surface area (Å²) in [5.41, 5.74) is 2.79. The van der Waals surface area contributed by atoms with Gasteiger partial charge in [0.1, 0.15) is 17.5 Å². The summed E-state index contributed by atoms with van der Waals surface area (Å²) in [5, 5.41) is 12.7. The number of carbonyl (C=O) groups is 2. The molecule has 0 bridgehead atoms. The third-order valence-electron chi connectivity index (χ3n) is 4.70. The number of aromatic nitrogens is 1. The summed E-state index contributed by atoms with van der Waals surface area (Å²) >= 11 is 1.37. The Labute approximate surface area is 178 Å². The number of carbonyl (C=O) groups excluding carboxylic acids is 2. The fraction of sp³-hybridized carbons (Fsp3) is 0.476. The molecule has 162 valence electrons. The predicted octanol–water partition coefficient (Wildman–Crippen LogP) is 3.24. The van der Waals surface area contributed by atoms with Crippen molar-refractivity contribution >= 4 is 23.3 Å². The van der Waals surface area contributed by atoms with Crippen LogP contribution in [-0.4, -0.2) is 51.3 Å². The molecule has 2 heterocycles. The molecule has 1 saturated heterocycles. The van der Waals surface area contributed by atoms with Gasteiger partial charge < -0.3 is 15.2 Å². The molecule has 0 spiro atoms. The van der Waals surface area contributed by atoms with Gasteiger partial charge in [0, 0.05) is 18.5 Å². The molecule has 0 unspecified atom stereocenters. The van der Waals surface area contributed by atoms with Crippen LogP contribution in [0.3, 0.4) is 0 Å². The van der Waals surface area contributed by atoms with Crippen molar-refractivity contribution in [3.63, 3.8) is 0 Å². The number of nitrogens with one attached hydrogen (secondary N) is 1. The van der Waals surface area contributed by atoms with Crippen LogP contribution in [0.5, 0.6) is 0 Å². The fourth-order valence-electron chi connectivity index (χ4n) is 3.30. The Morgan fingerprint density at radius 2 is 2.13 bits per heavy atom. The number of thiazole rings is 1. The number of nitrogens with zero attached hydrogens (tertiary/aromatic N) is 2. The molecule has 1 fully saturated rings. The topological polar surface area (TPSA) is 91.8 Å². The van der Waals surface area contributed by atoms with Crippen molar-refractivity contribution in [3.8, 4) is 10.4 Å². The van der Waals surface area contributed by atoms with E-state index in [1.165, 1.54) is 22.3 Å². The summed E-state index contributed by atoms with van der Waals surface area (Å²) in [6.07, 6.45) is -1.31. The number of halogens is 1. The number of benzene rings is 1. The maximum atomic E-state index is 14.6. The van der Waals surface area contributed by atoms with Crippen LogP contribution in [0.15, 0.2) is 23.7 Å². The predicted molar refractivity (Wildman–Crippen MR) is 111 cm³/mol. The van der Waals surface area contributed by atoms with Crippen molar-refractivity contribution in [1.29, 1.82) is 0 Å². The number of hydrogen-bond donors (Lipinski definition) is 2. The maximum Gasteiger partial charge on any atom is 0.411 e. The number of β-amino-alcohol motifs (C(OH)–C–C–N with tert-alkyl or cyclic N) is 1. The zero-order valence-corrected chi connectivity index (χ0v) is 18.3. The molecule has 1 aromatic heterocycles. The molecule has 1 aliphatic heterocycles. The summed E-state index contributed by atoms with van der Waals surface area (Å²) in [4.78, 5) is 31.2. The van der Waals surface area contributed by atoms with Gasteiger partial charge in [0.15, 0.2) is 0 Å². The van der Waals surface area contributed by atoms with Crippen molar-refractivity contribution in [1.82, 2.24) is 15.2 Å². The van der Waals surface area contributed by atoms with Gasteiger partial charge in [-0.3, -0.25) is 9.69 Å². The van der Waals surface area contributed by atoms with Crippen molar-refractivity contribution in [2.24, 2.45) is 0 Å². The maximum absolute atomic E-state index is 14.6. The highest BCUT2D eigenvalue weighted by atomic mass is 32.1. The van der Waals surface area contributed by atoms with E-state index < -0.39 is 29.7 Å². The van der Waals surface area contributed by atoms with Crippen molar-refractivity contribution < 1.29 is 23.8 Å². The standard InChI is InChI=1S/C21H26FN3O4S/c1-12-18(30-11-24-12)15-6-5-13(7-16(15)22)9-23-19(27)17-8-14(26)10-25(17)20(28)29-21(2,3)4/h5-7,11,14,17,26H,8-10H2,1-4H3,(H,23,27)/t14-,17+/m1/s1. The Bertz CT molecular complexity index is 941. The highest BCUT2D eigenvalue weighted by Crippen LogP contribution is 2.30. The van der Waals surface area contributed by atoms with Crippen LogP contribution in [0, 0.1) is 12.7 Å². The first-order chi connectivity index (χ1) is 14.0. The zero-order chi connectivity index (χ0) is 22.1. The number of aliphatic hydroxyl groups is 1. The second-order valence-electron chi connectivity index (χ2n) is 8.34. The molecule has 2 N–H and O–H groups in total. The van der Waals surface area contributed by atoms with Gasteiger partial charge in [0.25, 0.3) is 0 Å². The van der Waals surface area contributed by atoms with Gasteiger partial charge in [0.2, 0.25) is 5.91 Å². The van der Waals surface area contributed by atoms with Crippen LogP contribution in [-0.2, 0) is 16.1 Å². The van der Waals surface area contributed by atoms with Crippen LogP contribution in [0.1, 0.15) is 38.4 Å². The minimum absolute atomic E-state index is 0.0323. The lowest BCUT2D eigenvalue weighted by Crippen LogP contribution is -2.47. The molecule has 0 aliphatic carbocycles. The average molecular weight is 436 g/mol. The highest BCUT2D eigenvalue weighted by molar-refractivity contribution is 7.13. The Morgan fingerprint density at radius 3 is 2.73 bits per heavy atom. The van der Waals surface area contributed by atoms with Gasteiger partial charge in [0.05, 0.1) is 28.7 Å². The van der Waals surface area contributed by atoms with Gasteiger partial charge in [-0.1, -0.05) is 12.1 Å². The summed E-state index contributed by atoms with van der Waals surface area (Å²) in [6.45, 7) is 7.16. The molecule has 1 aromatic carbocycles. The molecule has 0 radical (unpaired) electrons. The van der Waals surface area contributed by atoms with E-state index >= 15 is 0 Å². The van der Waals surface area contributed by atoms with Gasteiger partial charge in [-0.15, -0.1) is 11.3 Å². The lowest BCUT2D eigenvalue weighted by atomic mass is 10.1. The summed E-state index contributed by atoms with van der Waals surface area (Å²) < 4.78 is 19.9. The normalized spacial score (nSPS) is 19.1. The number of hydrogen-bond acceptors (Lipinski definition) is 6. The van der Waals surface area contributed by atoms with E-state index in [1.807, 2.05) is 6.92 Å². The molecular formula is C21H26FN3O4S. The van der Waals surface area contributed by atoms with Crippen molar-refractivity contribution in [2.75, 3.05) is 6.54 Å². The first kappa shape index (κ1) is 22.2. The van der Waals surface area contributed by atoms with Gasteiger partial charge in [-0.2, -0.15) is 0 Å². The van der Waals surface area contributed by atoms with E-state index in [-0.39, 0.29) is 25.3 Å². The van der Waals surface area contributed by atoms with Gasteiger partial charge in [-0.25, -0.2) is 14.2 Å². The van der Waals surface area contributed by atoms with E-state index in [4.69, 9.17) is 4.74 Å². The number of ether oxygens (including phenoxy) is 1. The molecule has 0 saturated carbocycles. The second-order valence-corrected chi connectivity index (χ2v) is 9.19. The molecule has 2 amide bonds.